The molecule has 3 N–H and O–H groups in total. The predicted molar refractivity (Wildman–Crippen MR) is 110 cm³/mol. The highest BCUT2D eigenvalue weighted by molar-refractivity contribution is 5.78. The van der Waals surface area contributed by atoms with Crippen molar-refractivity contribution in [1.82, 2.24) is 19.6 Å². The number of carboxylic acid groups (broad SMARTS) is 1. The number of carbonyl (C=O) groups is 1. The SMILES string of the molecule is CC=Cc1ncc(-c2cnn3c(N)cc(CCCCCC(=O)O)nc23)cc1C. The van der Waals surface area contributed by atoms with E-state index in [-0.39, 0.29) is 6.42 Å². The van der Waals surface area contributed by atoms with Crippen LogP contribution in [0, 0.1) is 6.92 Å². The van der Waals surface area contributed by atoms with E-state index in [2.05, 4.69) is 16.1 Å². The number of aryl methyl sites for hydroxylation is 2. The number of aliphatic carboxylic acids is 1. The van der Waals surface area contributed by atoms with E-state index < -0.39 is 5.97 Å². The molecule has 3 rings (SSSR count). The van der Waals surface area contributed by atoms with Crippen LogP contribution in [-0.4, -0.2) is 30.7 Å². The highest BCUT2D eigenvalue weighted by Crippen LogP contribution is 2.26. The van der Waals surface area contributed by atoms with Gasteiger partial charge in [-0.2, -0.15) is 9.61 Å². The zero-order valence-corrected chi connectivity index (χ0v) is 16.2. The number of nitrogen functional groups attached to an aromatic ring is 1. The van der Waals surface area contributed by atoms with Gasteiger partial charge in [0, 0.05) is 35.5 Å². The number of allylic oxidation sites excluding steroid dienone is 1. The van der Waals surface area contributed by atoms with Crippen molar-refractivity contribution < 1.29 is 9.90 Å². The Morgan fingerprint density at radius 3 is 2.79 bits per heavy atom. The lowest BCUT2D eigenvalue weighted by Gasteiger charge is -2.07. The number of hydrogen-bond donors (Lipinski definition) is 2. The highest BCUT2D eigenvalue weighted by atomic mass is 16.4. The van der Waals surface area contributed by atoms with Crippen molar-refractivity contribution in [3.05, 3.63) is 47.6 Å². The highest BCUT2D eigenvalue weighted by Gasteiger charge is 2.13. The topological polar surface area (TPSA) is 106 Å². The Labute approximate surface area is 163 Å². The molecule has 0 unspecified atom stereocenters. The molecule has 0 saturated heterocycles. The maximum absolute atomic E-state index is 10.6. The average molecular weight is 379 g/mol. The first-order chi connectivity index (χ1) is 13.5. The third-order valence-electron chi connectivity index (χ3n) is 4.63. The molecule has 0 fully saturated rings. The van der Waals surface area contributed by atoms with Crippen LogP contribution in [0.25, 0.3) is 22.9 Å². The lowest BCUT2D eigenvalue weighted by Crippen LogP contribution is -2.03. The van der Waals surface area contributed by atoms with Crippen LogP contribution in [0.4, 0.5) is 5.82 Å². The predicted octanol–water partition coefficient (Wildman–Crippen LogP) is 3.90. The molecular weight excluding hydrogens is 354 g/mol. The van der Waals surface area contributed by atoms with Crippen molar-refractivity contribution >= 4 is 23.5 Å². The first-order valence-corrected chi connectivity index (χ1v) is 9.44. The molecule has 0 spiro atoms. The number of carboxylic acids is 1. The van der Waals surface area contributed by atoms with E-state index in [1.165, 1.54) is 0 Å². The molecule has 0 aliphatic rings. The van der Waals surface area contributed by atoms with Crippen LogP contribution in [0.3, 0.4) is 0 Å². The fraction of sp³-hybridized carbons (Fsp3) is 0.333. The van der Waals surface area contributed by atoms with Crippen molar-refractivity contribution in [3.8, 4) is 11.1 Å². The van der Waals surface area contributed by atoms with Crippen molar-refractivity contribution in [3.63, 3.8) is 0 Å². The van der Waals surface area contributed by atoms with Crippen LogP contribution in [-0.2, 0) is 11.2 Å². The summed E-state index contributed by atoms with van der Waals surface area (Å²) in [6.07, 6.45) is 10.9. The maximum atomic E-state index is 10.6. The van der Waals surface area contributed by atoms with Crippen LogP contribution < -0.4 is 5.73 Å². The van der Waals surface area contributed by atoms with Gasteiger partial charge in [0.1, 0.15) is 5.82 Å². The minimum Gasteiger partial charge on any atom is -0.481 e. The van der Waals surface area contributed by atoms with E-state index in [0.717, 1.165) is 47.3 Å². The average Bonchev–Trinajstić information content (AvgIpc) is 3.07. The van der Waals surface area contributed by atoms with Crippen LogP contribution in [0.2, 0.25) is 0 Å². The number of nitrogens with zero attached hydrogens (tertiary/aromatic N) is 4. The quantitative estimate of drug-likeness (QED) is 0.575. The summed E-state index contributed by atoms with van der Waals surface area (Å²) < 4.78 is 1.64. The second-order valence-corrected chi connectivity index (χ2v) is 6.85. The summed E-state index contributed by atoms with van der Waals surface area (Å²) in [5.74, 6) is -0.218. The van der Waals surface area contributed by atoms with Gasteiger partial charge in [-0.25, -0.2) is 4.98 Å². The minimum atomic E-state index is -0.753. The number of unbranched alkanes of at least 4 members (excludes halogenated alkanes) is 2. The van der Waals surface area contributed by atoms with Gasteiger partial charge in [-0.3, -0.25) is 9.78 Å². The van der Waals surface area contributed by atoms with Gasteiger partial charge >= 0.3 is 5.97 Å². The van der Waals surface area contributed by atoms with E-state index in [1.54, 1.807) is 10.7 Å². The monoisotopic (exact) mass is 379 g/mol. The number of anilines is 1. The number of fused-ring (bicyclic) bond motifs is 1. The van der Waals surface area contributed by atoms with E-state index in [4.69, 9.17) is 15.8 Å². The molecule has 0 amide bonds. The lowest BCUT2D eigenvalue weighted by atomic mass is 10.1. The number of aromatic nitrogens is 4. The number of pyridine rings is 1. The first-order valence-electron chi connectivity index (χ1n) is 9.44. The van der Waals surface area contributed by atoms with Gasteiger partial charge in [0.25, 0.3) is 0 Å². The third-order valence-corrected chi connectivity index (χ3v) is 4.63. The lowest BCUT2D eigenvalue weighted by molar-refractivity contribution is -0.137. The van der Waals surface area contributed by atoms with Crippen molar-refractivity contribution in [2.45, 2.75) is 46.0 Å². The van der Waals surface area contributed by atoms with Crippen molar-refractivity contribution in [1.29, 1.82) is 0 Å². The molecule has 0 radical (unpaired) electrons. The Morgan fingerprint density at radius 2 is 2.07 bits per heavy atom. The standard InChI is InChI=1S/C21H25N5O2/c1-3-7-18-14(2)10-15(12-23-18)17-13-24-26-19(22)11-16(25-21(17)26)8-5-4-6-9-20(27)28/h3,7,10-13H,4-6,8-9,22H2,1-2H3,(H,27,28). The molecule has 7 heteroatoms. The van der Waals surface area contributed by atoms with E-state index in [9.17, 15) is 4.79 Å². The number of nitrogens with two attached hydrogens (primary N) is 1. The normalized spacial score (nSPS) is 11.5. The number of rotatable bonds is 8. The van der Waals surface area contributed by atoms with E-state index >= 15 is 0 Å². The Balaban J connectivity index is 1.85. The first kappa shape index (κ1) is 19.5. The van der Waals surface area contributed by atoms with Crippen LogP contribution in [0.5, 0.6) is 0 Å². The van der Waals surface area contributed by atoms with Crippen molar-refractivity contribution in [2.24, 2.45) is 0 Å². The smallest absolute Gasteiger partial charge is 0.303 e. The Morgan fingerprint density at radius 1 is 1.25 bits per heavy atom. The molecule has 3 heterocycles. The zero-order valence-electron chi connectivity index (χ0n) is 16.2. The summed E-state index contributed by atoms with van der Waals surface area (Å²) in [7, 11) is 0. The van der Waals surface area contributed by atoms with Gasteiger partial charge in [0.2, 0.25) is 0 Å². The second-order valence-electron chi connectivity index (χ2n) is 6.85. The largest absolute Gasteiger partial charge is 0.481 e. The summed E-state index contributed by atoms with van der Waals surface area (Å²) in [5.41, 5.74) is 11.6. The van der Waals surface area contributed by atoms with Gasteiger partial charge < -0.3 is 10.8 Å². The molecule has 0 aliphatic carbocycles. The molecule has 28 heavy (non-hydrogen) atoms. The van der Waals surface area contributed by atoms with Crippen molar-refractivity contribution in [2.75, 3.05) is 5.73 Å². The molecule has 146 valence electrons. The van der Waals surface area contributed by atoms with Gasteiger partial charge in [-0.15, -0.1) is 0 Å². The Bertz CT molecular complexity index is 1020. The maximum Gasteiger partial charge on any atom is 0.303 e. The van der Waals surface area contributed by atoms with Gasteiger partial charge in [-0.1, -0.05) is 12.5 Å². The number of hydrogen-bond acceptors (Lipinski definition) is 5. The fourth-order valence-corrected chi connectivity index (χ4v) is 3.19. The molecular formula is C21H25N5O2. The van der Waals surface area contributed by atoms with Crippen LogP contribution in [0.1, 0.15) is 49.6 Å². The molecule has 0 aliphatic heterocycles. The Hall–Kier alpha value is -3.22. The minimum absolute atomic E-state index is 0.205. The molecule has 7 nitrogen and oxygen atoms in total. The molecule has 0 saturated carbocycles. The van der Waals surface area contributed by atoms with E-state index in [0.29, 0.717) is 17.9 Å². The zero-order chi connectivity index (χ0) is 20.1. The Kier molecular flexibility index (Phi) is 6.03. The second kappa shape index (κ2) is 8.65. The van der Waals surface area contributed by atoms with Crippen LogP contribution in [0.15, 0.2) is 30.6 Å². The third kappa shape index (κ3) is 4.36. The summed E-state index contributed by atoms with van der Waals surface area (Å²) in [5, 5.41) is 13.1. The van der Waals surface area contributed by atoms with Gasteiger partial charge in [0.15, 0.2) is 5.65 Å². The van der Waals surface area contributed by atoms with Gasteiger partial charge in [0.05, 0.1) is 11.9 Å². The summed E-state index contributed by atoms with van der Waals surface area (Å²) in [6, 6.07) is 3.91. The molecule has 3 aromatic rings. The molecule has 3 aromatic heterocycles. The molecule has 0 bridgehead atoms. The summed E-state index contributed by atoms with van der Waals surface area (Å²) in [6.45, 7) is 4.00. The summed E-state index contributed by atoms with van der Waals surface area (Å²) >= 11 is 0. The summed E-state index contributed by atoms with van der Waals surface area (Å²) in [4.78, 5) is 19.9. The van der Waals surface area contributed by atoms with E-state index in [1.807, 2.05) is 38.3 Å². The fourth-order valence-electron chi connectivity index (χ4n) is 3.19. The van der Waals surface area contributed by atoms with Gasteiger partial charge in [-0.05, 0) is 50.8 Å². The van der Waals surface area contributed by atoms with Crippen LogP contribution >= 0.6 is 0 Å². The molecule has 0 atom stereocenters. The molecule has 0 aromatic carbocycles.